The van der Waals surface area contributed by atoms with E-state index in [1.54, 1.807) is 7.05 Å². The Morgan fingerprint density at radius 3 is 1.78 bits per heavy atom. The van der Waals surface area contributed by atoms with Crippen LogP contribution in [0.25, 0.3) is 0 Å². The molecule has 0 rings (SSSR count). The summed E-state index contributed by atoms with van der Waals surface area (Å²) < 4.78 is 0. The number of urea groups is 1. The molecule has 0 aliphatic carbocycles. The van der Waals surface area contributed by atoms with Crippen LogP contribution in [0.4, 0.5) is 4.79 Å². The fourth-order valence-electron chi connectivity index (χ4n) is 2.89. The van der Waals surface area contributed by atoms with Crippen molar-refractivity contribution in [2.75, 3.05) is 20.1 Å². The number of hydrogen-bond acceptors (Lipinski definition) is 6. The van der Waals surface area contributed by atoms with Gasteiger partial charge in [-0.05, 0) is 45.2 Å². The van der Waals surface area contributed by atoms with E-state index in [-0.39, 0.29) is 18.7 Å². The molecule has 0 bridgehead atoms. The highest BCUT2D eigenvalue weighted by Gasteiger charge is 2.24. The maximum atomic E-state index is 11.9. The first-order valence-electron chi connectivity index (χ1n) is 10.8. The van der Waals surface area contributed by atoms with Gasteiger partial charge in [-0.25, -0.2) is 14.4 Å². The Balaban J connectivity index is 4.01. The van der Waals surface area contributed by atoms with Gasteiger partial charge in [-0.2, -0.15) is 0 Å². The number of amides is 3. The highest BCUT2D eigenvalue weighted by atomic mass is 16.4. The molecule has 184 valence electrons. The number of carboxylic acids is 3. The van der Waals surface area contributed by atoms with E-state index in [1.165, 1.54) is 0 Å². The summed E-state index contributed by atoms with van der Waals surface area (Å²) in [5.74, 6) is -3.79. The van der Waals surface area contributed by atoms with E-state index in [0.717, 1.165) is 38.6 Å². The Labute approximate surface area is 187 Å². The van der Waals surface area contributed by atoms with Gasteiger partial charge in [0.15, 0.2) is 0 Å². The standard InChI is InChI=1S/C20H36N4O8/c1-21-16(25)9-5-3-2-4-6-12-22-13-7-8-14(18(28)29)23-20(32)24-15(19(30)31)10-11-17(26)27/h14-15,22H,2-13H2,1H3,(H,21,25)(H,26,27)(H,28,29)(H,30,31)(H2,23,24,32)/t14-,15-/m0/s1. The summed E-state index contributed by atoms with van der Waals surface area (Å²) in [6.07, 6.45) is 5.36. The third-order valence-corrected chi connectivity index (χ3v) is 4.74. The maximum Gasteiger partial charge on any atom is 0.326 e. The summed E-state index contributed by atoms with van der Waals surface area (Å²) in [7, 11) is 1.62. The number of carbonyl (C=O) groups is 5. The molecule has 12 heteroatoms. The molecule has 0 aliphatic heterocycles. The smallest absolute Gasteiger partial charge is 0.326 e. The van der Waals surface area contributed by atoms with Crippen molar-refractivity contribution in [1.82, 2.24) is 21.3 Å². The minimum absolute atomic E-state index is 0.0539. The minimum Gasteiger partial charge on any atom is -0.481 e. The van der Waals surface area contributed by atoms with Gasteiger partial charge in [-0.3, -0.25) is 9.59 Å². The molecule has 12 nitrogen and oxygen atoms in total. The van der Waals surface area contributed by atoms with E-state index in [4.69, 9.17) is 10.2 Å². The SMILES string of the molecule is CNC(=O)CCCCCCCNCCC[C@H](NC(=O)N[C@@H](CCC(=O)O)C(=O)O)C(=O)O. The van der Waals surface area contributed by atoms with E-state index in [2.05, 4.69) is 21.3 Å². The van der Waals surface area contributed by atoms with Crippen LogP contribution in [0.1, 0.15) is 64.2 Å². The van der Waals surface area contributed by atoms with Crippen LogP contribution in [0.15, 0.2) is 0 Å². The van der Waals surface area contributed by atoms with Crippen molar-refractivity contribution >= 4 is 29.8 Å². The zero-order valence-corrected chi connectivity index (χ0v) is 18.5. The third kappa shape index (κ3) is 15.9. The largest absolute Gasteiger partial charge is 0.481 e. The van der Waals surface area contributed by atoms with Crippen molar-refractivity contribution in [2.24, 2.45) is 0 Å². The highest BCUT2D eigenvalue weighted by Crippen LogP contribution is 2.05. The number of rotatable bonds is 19. The second kappa shape index (κ2) is 17.8. The molecule has 0 radical (unpaired) electrons. The summed E-state index contributed by atoms with van der Waals surface area (Å²) in [6, 6.07) is -3.59. The van der Waals surface area contributed by atoms with Crippen LogP contribution >= 0.6 is 0 Å². The summed E-state index contributed by atoms with van der Waals surface area (Å²) >= 11 is 0. The zero-order chi connectivity index (χ0) is 24.4. The van der Waals surface area contributed by atoms with Crippen molar-refractivity contribution < 1.29 is 39.3 Å². The lowest BCUT2D eigenvalue weighted by Crippen LogP contribution is -2.51. The predicted octanol–water partition coefficient (Wildman–Crippen LogP) is 0.513. The summed E-state index contributed by atoms with van der Waals surface area (Å²) in [5, 5.41) is 37.0. The van der Waals surface area contributed by atoms with E-state index in [1.807, 2.05) is 0 Å². The van der Waals surface area contributed by atoms with Gasteiger partial charge in [0, 0.05) is 19.9 Å². The zero-order valence-electron chi connectivity index (χ0n) is 18.5. The second-order valence-corrected chi connectivity index (χ2v) is 7.42. The molecule has 0 saturated heterocycles. The van der Waals surface area contributed by atoms with Crippen molar-refractivity contribution in [3.05, 3.63) is 0 Å². The lowest BCUT2D eigenvalue weighted by Gasteiger charge is -2.18. The number of hydrogen-bond donors (Lipinski definition) is 7. The number of aliphatic carboxylic acids is 3. The Bertz CT molecular complexity index is 614. The van der Waals surface area contributed by atoms with E-state index in [0.29, 0.717) is 19.4 Å². The summed E-state index contributed by atoms with van der Waals surface area (Å²) in [5.41, 5.74) is 0. The van der Waals surface area contributed by atoms with Gasteiger partial charge in [0.1, 0.15) is 12.1 Å². The van der Waals surface area contributed by atoms with E-state index >= 15 is 0 Å². The number of carboxylic acid groups (broad SMARTS) is 3. The molecular formula is C20H36N4O8. The lowest BCUT2D eigenvalue weighted by molar-refractivity contribution is -0.140. The topological polar surface area (TPSA) is 194 Å². The first-order valence-corrected chi connectivity index (χ1v) is 10.8. The van der Waals surface area contributed by atoms with Crippen LogP contribution in [-0.4, -0.2) is 77.4 Å². The quantitative estimate of drug-likeness (QED) is 0.134. The fraction of sp³-hybridized carbons (Fsp3) is 0.750. The van der Waals surface area contributed by atoms with Crippen LogP contribution in [0.3, 0.4) is 0 Å². The van der Waals surface area contributed by atoms with Crippen LogP contribution in [-0.2, 0) is 19.2 Å². The summed E-state index contributed by atoms with van der Waals surface area (Å²) in [6.45, 7) is 1.35. The second-order valence-electron chi connectivity index (χ2n) is 7.42. The highest BCUT2D eigenvalue weighted by molar-refractivity contribution is 5.86. The number of nitrogens with one attached hydrogen (secondary N) is 4. The maximum absolute atomic E-state index is 11.9. The molecule has 0 aromatic rings. The van der Waals surface area contributed by atoms with Crippen molar-refractivity contribution in [1.29, 1.82) is 0 Å². The van der Waals surface area contributed by atoms with Crippen LogP contribution in [0.2, 0.25) is 0 Å². The van der Waals surface area contributed by atoms with Gasteiger partial charge < -0.3 is 36.6 Å². The number of carbonyl (C=O) groups excluding carboxylic acids is 2. The van der Waals surface area contributed by atoms with Gasteiger partial charge in [0.2, 0.25) is 5.91 Å². The molecule has 2 atom stereocenters. The predicted molar refractivity (Wildman–Crippen MR) is 115 cm³/mol. The molecule has 0 aromatic heterocycles. The molecule has 0 aromatic carbocycles. The van der Waals surface area contributed by atoms with Gasteiger partial charge in [-0.1, -0.05) is 19.3 Å². The molecule has 0 fully saturated rings. The molecule has 32 heavy (non-hydrogen) atoms. The Morgan fingerprint density at radius 2 is 1.22 bits per heavy atom. The molecule has 3 amide bonds. The average Bonchev–Trinajstić information content (AvgIpc) is 2.73. The van der Waals surface area contributed by atoms with Crippen LogP contribution in [0, 0.1) is 0 Å². The van der Waals surface area contributed by atoms with Crippen LogP contribution in [0.5, 0.6) is 0 Å². The minimum atomic E-state index is -1.42. The first kappa shape index (κ1) is 29.1. The van der Waals surface area contributed by atoms with Gasteiger partial charge in [0.05, 0.1) is 0 Å². The Hall–Kier alpha value is -2.89. The van der Waals surface area contributed by atoms with Gasteiger partial charge in [-0.15, -0.1) is 0 Å². The van der Waals surface area contributed by atoms with Gasteiger partial charge >= 0.3 is 23.9 Å². The van der Waals surface area contributed by atoms with Crippen molar-refractivity contribution in [3.8, 4) is 0 Å². The summed E-state index contributed by atoms with van der Waals surface area (Å²) in [4.78, 5) is 56.0. The average molecular weight is 461 g/mol. The lowest BCUT2D eigenvalue weighted by atomic mass is 10.1. The molecule has 0 unspecified atom stereocenters. The fourth-order valence-corrected chi connectivity index (χ4v) is 2.89. The Morgan fingerprint density at radius 1 is 0.688 bits per heavy atom. The van der Waals surface area contributed by atoms with E-state index in [9.17, 15) is 29.1 Å². The van der Waals surface area contributed by atoms with Crippen molar-refractivity contribution in [3.63, 3.8) is 0 Å². The van der Waals surface area contributed by atoms with Crippen LogP contribution < -0.4 is 21.3 Å². The molecule has 7 N–H and O–H groups in total. The molecule has 0 saturated carbocycles. The molecule has 0 aliphatic rings. The number of unbranched alkanes of at least 4 members (excludes halogenated alkanes) is 4. The normalized spacial score (nSPS) is 12.4. The monoisotopic (exact) mass is 460 g/mol. The molecule has 0 heterocycles. The van der Waals surface area contributed by atoms with Crippen molar-refractivity contribution in [2.45, 2.75) is 76.3 Å². The third-order valence-electron chi connectivity index (χ3n) is 4.74. The van der Waals surface area contributed by atoms with Gasteiger partial charge in [0.25, 0.3) is 0 Å². The Kier molecular flexibility index (Phi) is 16.2. The molecule has 0 spiro atoms. The first-order chi connectivity index (χ1) is 15.2. The molecular weight excluding hydrogens is 424 g/mol. The van der Waals surface area contributed by atoms with E-state index < -0.39 is 42.4 Å².